The zero-order valence-corrected chi connectivity index (χ0v) is 9.91. The number of hydrogen-bond donors (Lipinski definition) is 2. The number of carbonyl (C=O) groups is 1. The summed E-state index contributed by atoms with van der Waals surface area (Å²) in [5.41, 5.74) is 7.14. The molecule has 2 rings (SSSR count). The fourth-order valence-electron chi connectivity index (χ4n) is 2.39. The number of benzene rings is 1. The number of carboxylic acid groups (broad SMARTS) is 1. The molecule has 0 bridgehead atoms. The molecule has 0 amide bonds. The quantitative estimate of drug-likeness (QED) is 0.816. The number of carboxylic acids is 1. The molecule has 0 saturated carbocycles. The number of nitrogens with zero attached hydrogens (tertiary/aromatic N) is 1. The second kappa shape index (κ2) is 4.85. The number of hydrogen-bond acceptors (Lipinski definition) is 3. The van der Waals surface area contributed by atoms with Crippen LogP contribution in [0.3, 0.4) is 0 Å². The minimum atomic E-state index is -0.792. The molecule has 0 radical (unpaired) electrons. The molecule has 1 aliphatic heterocycles. The van der Waals surface area contributed by atoms with E-state index in [0.717, 1.165) is 6.54 Å². The van der Waals surface area contributed by atoms with Gasteiger partial charge in [-0.25, -0.2) is 0 Å². The van der Waals surface area contributed by atoms with E-state index in [1.165, 1.54) is 5.56 Å². The van der Waals surface area contributed by atoms with Gasteiger partial charge in [-0.3, -0.25) is 9.69 Å². The van der Waals surface area contributed by atoms with Gasteiger partial charge in [0.15, 0.2) is 0 Å². The first-order valence-corrected chi connectivity index (χ1v) is 5.86. The molecule has 3 N–H and O–H groups in total. The minimum Gasteiger partial charge on any atom is -0.481 e. The summed E-state index contributed by atoms with van der Waals surface area (Å²) in [4.78, 5) is 13.2. The van der Waals surface area contributed by atoms with Crippen molar-refractivity contribution in [3.8, 4) is 0 Å². The molecule has 1 aliphatic rings. The molecule has 1 fully saturated rings. The third kappa shape index (κ3) is 2.48. The van der Waals surface area contributed by atoms with Gasteiger partial charge in [0.25, 0.3) is 0 Å². The molecule has 0 aromatic heterocycles. The molecule has 1 aromatic rings. The van der Waals surface area contributed by atoms with E-state index in [4.69, 9.17) is 10.8 Å². The lowest BCUT2D eigenvalue weighted by Crippen LogP contribution is -2.40. The zero-order chi connectivity index (χ0) is 12.4. The zero-order valence-electron chi connectivity index (χ0n) is 9.91. The van der Waals surface area contributed by atoms with Crippen molar-refractivity contribution in [2.24, 2.45) is 11.7 Å². The second-order valence-electron chi connectivity index (χ2n) is 4.68. The average Bonchev–Trinajstić information content (AvgIpc) is 2.59. The first kappa shape index (κ1) is 12.1. The monoisotopic (exact) mass is 234 g/mol. The Morgan fingerprint density at radius 1 is 1.47 bits per heavy atom. The third-order valence-electron chi connectivity index (χ3n) is 3.57. The van der Waals surface area contributed by atoms with Crippen LogP contribution < -0.4 is 5.73 Å². The van der Waals surface area contributed by atoms with Gasteiger partial charge in [0.2, 0.25) is 0 Å². The van der Waals surface area contributed by atoms with Crippen molar-refractivity contribution >= 4 is 5.97 Å². The molecule has 0 aliphatic carbocycles. The molecule has 1 heterocycles. The molecule has 92 valence electrons. The van der Waals surface area contributed by atoms with Crippen LogP contribution in [-0.4, -0.2) is 34.6 Å². The maximum Gasteiger partial charge on any atom is 0.309 e. The van der Waals surface area contributed by atoms with Crippen LogP contribution in [-0.2, 0) is 11.3 Å². The Hall–Kier alpha value is -1.39. The number of nitrogens with two attached hydrogens (primary N) is 1. The van der Waals surface area contributed by atoms with Gasteiger partial charge >= 0.3 is 5.97 Å². The van der Waals surface area contributed by atoms with Crippen molar-refractivity contribution in [1.82, 2.24) is 4.90 Å². The van der Waals surface area contributed by atoms with Crippen molar-refractivity contribution in [3.63, 3.8) is 0 Å². The standard InChI is InChI=1S/C13H18N2O2/c1-9-12(14)11(13(16)17)8-15(9)7-10-5-3-2-4-6-10/h2-6,9,11-12H,7-8,14H2,1H3,(H,16,17). The highest BCUT2D eigenvalue weighted by molar-refractivity contribution is 5.71. The molecule has 1 saturated heterocycles. The molecule has 4 heteroatoms. The van der Waals surface area contributed by atoms with Crippen LogP contribution in [0.2, 0.25) is 0 Å². The largest absolute Gasteiger partial charge is 0.481 e. The van der Waals surface area contributed by atoms with Crippen LogP contribution in [0.5, 0.6) is 0 Å². The summed E-state index contributed by atoms with van der Waals surface area (Å²) in [5, 5.41) is 9.08. The van der Waals surface area contributed by atoms with E-state index in [9.17, 15) is 4.79 Å². The normalized spacial score (nSPS) is 29.4. The fraction of sp³-hybridized carbons (Fsp3) is 0.462. The summed E-state index contributed by atoms with van der Waals surface area (Å²) in [6.45, 7) is 3.29. The Kier molecular flexibility index (Phi) is 3.45. The lowest BCUT2D eigenvalue weighted by molar-refractivity contribution is -0.141. The Balaban J connectivity index is 2.06. The first-order chi connectivity index (χ1) is 8.09. The molecule has 1 aromatic carbocycles. The Bertz CT molecular complexity index is 394. The predicted molar refractivity (Wildman–Crippen MR) is 65.4 cm³/mol. The van der Waals surface area contributed by atoms with E-state index in [1.54, 1.807) is 0 Å². The van der Waals surface area contributed by atoms with E-state index >= 15 is 0 Å². The van der Waals surface area contributed by atoms with Gasteiger partial charge in [-0.05, 0) is 12.5 Å². The topological polar surface area (TPSA) is 66.6 Å². The maximum atomic E-state index is 11.0. The van der Waals surface area contributed by atoms with Gasteiger partial charge in [0.1, 0.15) is 0 Å². The Morgan fingerprint density at radius 3 is 2.65 bits per heavy atom. The van der Waals surface area contributed by atoms with Crippen LogP contribution in [0.4, 0.5) is 0 Å². The molecule has 3 unspecified atom stereocenters. The van der Waals surface area contributed by atoms with Crippen LogP contribution in [0.15, 0.2) is 30.3 Å². The summed E-state index contributed by atoms with van der Waals surface area (Å²) in [6, 6.07) is 9.88. The van der Waals surface area contributed by atoms with Gasteiger partial charge in [-0.1, -0.05) is 30.3 Å². The Morgan fingerprint density at radius 2 is 2.12 bits per heavy atom. The summed E-state index contributed by atoms with van der Waals surface area (Å²) < 4.78 is 0. The SMILES string of the molecule is CC1C(N)C(C(=O)O)CN1Cc1ccccc1. The summed E-state index contributed by atoms with van der Waals surface area (Å²) in [5.74, 6) is -1.24. The van der Waals surface area contributed by atoms with Crippen molar-refractivity contribution in [2.45, 2.75) is 25.6 Å². The number of likely N-dealkylation sites (tertiary alicyclic amines) is 1. The van der Waals surface area contributed by atoms with Gasteiger partial charge in [-0.15, -0.1) is 0 Å². The highest BCUT2D eigenvalue weighted by Gasteiger charge is 2.40. The highest BCUT2D eigenvalue weighted by atomic mass is 16.4. The summed E-state index contributed by atoms with van der Waals surface area (Å²) in [6.07, 6.45) is 0. The van der Waals surface area contributed by atoms with Crippen LogP contribution in [0.25, 0.3) is 0 Å². The molecule has 4 nitrogen and oxygen atoms in total. The van der Waals surface area contributed by atoms with Gasteiger partial charge in [-0.2, -0.15) is 0 Å². The van der Waals surface area contributed by atoms with Crippen LogP contribution >= 0.6 is 0 Å². The van der Waals surface area contributed by atoms with Crippen molar-refractivity contribution in [3.05, 3.63) is 35.9 Å². The van der Waals surface area contributed by atoms with Crippen LogP contribution in [0.1, 0.15) is 12.5 Å². The first-order valence-electron chi connectivity index (χ1n) is 5.86. The molecular formula is C13H18N2O2. The predicted octanol–water partition coefficient (Wildman–Crippen LogP) is 0.919. The van der Waals surface area contributed by atoms with Crippen LogP contribution in [0, 0.1) is 5.92 Å². The summed E-state index contributed by atoms with van der Waals surface area (Å²) in [7, 11) is 0. The third-order valence-corrected chi connectivity index (χ3v) is 3.57. The number of rotatable bonds is 3. The Labute approximate surface area is 101 Å². The smallest absolute Gasteiger partial charge is 0.309 e. The van der Waals surface area contributed by atoms with Gasteiger partial charge in [0, 0.05) is 25.2 Å². The van der Waals surface area contributed by atoms with Gasteiger partial charge < -0.3 is 10.8 Å². The van der Waals surface area contributed by atoms with Crippen molar-refractivity contribution < 1.29 is 9.90 Å². The molecule has 0 spiro atoms. The molecular weight excluding hydrogens is 216 g/mol. The highest BCUT2D eigenvalue weighted by Crippen LogP contribution is 2.24. The fourth-order valence-corrected chi connectivity index (χ4v) is 2.39. The molecule has 17 heavy (non-hydrogen) atoms. The van der Waals surface area contributed by atoms with E-state index in [1.807, 2.05) is 37.3 Å². The van der Waals surface area contributed by atoms with E-state index in [2.05, 4.69) is 4.90 Å². The minimum absolute atomic E-state index is 0.108. The summed E-state index contributed by atoms with van der Waals surface area (Å²) >= 11 is 0. The van der Waals surface area contributed by atoms with Gasteiger partial charge in [0.05, 0.1) is 5.92 Å². The number of aliphatic carboxylic acids is 1. The van der Waals surface area contributed by atoms with E-state index in [-0.39, 0.29) is 12.1 Å². The van der Waals surface area contributed by atoms with Crippen molar-refractivity contribution in [2.75, 3.05) is 6.54 Å². The van der Waals surface area contributed by atoms with Crippen molar-refractivity contribution in [1.29, 1.82) is 0 Å². The maximum absolute atomic E-state index is 11.0. The van der Waals surface area contributed by atoms with E-state index in [0.29, 0.717) is 6.54 Å². The average molecular weight is 234 g/mol. The lowest BCUT2D eigenvalue weighted by atomic mass is 10.0. The second-order valence-corrected chi connectivity index (χ2v) is 4.68. The molecule has 3 atom stereocenters. The van der Waals surface area contributed by atoms with E-state index < -0.39 is 11.9 Å². The lowest BCUT2D eigenvalue weighted by Gasteiger charge is -2.22.